The summed E-state index contributed by atoms with van der Waals surface area (Å²) >= 11 is 0. The van der Waals surface area contributed by atoms with Crippen LogP contribution in [0.3, 0.4) is 0 Å². The van der Waals surface area contributed by atoms with Crippen LogP contribution in [0.25, 0.3) is 0 Å². The highest BCUT2D eigenvalue weighted by Crippen LogP contribution is 2.34. The summed E-state index contributed by atoms with van der Waals surface area (Å²) in [5, 5.41) is 0. The molecule has 1 radical (unpaired) electrons. The van der Waals surface area contributed by atoms with Crippen molar-refractivity contribution in [1.29, 1.82) is 0 Å². The molecule has 3 fully saturated rings. The Hall–Kier alpha value is 0. The van der Waals surface area contributed by atoms with Gasteiger partial charge >= 0.3 is 0 Å². The normalized spacial score (nSPS) is 39.3. The van der Waals surface area contributed by atoms with Crippen molar-refractivity contribution in [2.24, 2.45) is 11.8 Å². The summed E-state index contributed by atoms with van der Waals surface area (Å²) in [6.45, 7) is 0. The van der Waals surface area contributed by atoms with E-state index < -0.39 is 0 Å². The molecule has 0 aliphatic heterocycles. The molecule has 0 unspecified atom stereocenters. The first-order valence-corrected chi connectivity index (χ1v) is 5.28. The van der Waals surface area contributed by atoms with Gasteiger partial charge in [-0.25, -0.2) is 0 Å². The van der Waals surface area contributed by atoms with Gasteiger partial charge < -0.3 is 0 Å². The van der Waals surface area contributed by atoms with Crippen LogP contribution >= 0.6 is 0 Å². The molecule has 0 N–H and O–H groups in total. The molecule has 3 aliphatic rings. The second-order valence-corrected chi connectivity index (χ2v) is 4.30. The highest BCUT2D eigenvalue weighted by atomic mass is 14.3. The van der Waals surface area contributed by atoms with E-state index in [1.54, 1.807) is 0 Å². The summed E-state index contributed by atoms with van der Waals surface area (Å²) in [5.74, 6) is 2.09. The van der Waals surface area contributed by atoms with Gasteiger partial charge in [0.2, 0.25) is 0 Å². The molecular formula is C11H19. The van der Waals surface area contributed by atoms with Crippen molar-refractivity contribution in [3.05, 3.63) is 6.42 Å². The van der Waals surface area contributed by atoms with Gasteiger partial charge in [-0.3, -0.25) is 0 Å². The van der Waals surface area contributed by atoms with E-state index in [0.29, 0.717) is 0 Å². The van der Waals surface area contributed by atoms with Crippen molar-refractivity contribution < 1.29 is 0 Å². The molecule has 0 aromatic heterocycles. The van der Waals surface area contributed by atoms with Gasteiger partial charge in [-0.1, -0.05) is 44.9 Å². The lowest BCUT2D eigenvalue weighted by Gasteiger charge is -2.28. The standard InChI is InChI=1S/C11H19/c1-4-10-6-2-7-11(5-1)9-3-8-10/h4,10-11H,1-3,5-9H2. The maximum atomic E-state index is 2.60. The van der Waals surface area contributed by atoms with E-state index in [0.717, 1.165) is 11.8 Å². The van der Waals surface area contributed by atoms with Gasteiger partial charge in [0.1, 0.15) is 0 Å². The molecule has 3 rings (SSSR count). The molecule has 0 heterocycles. The zero-order valence-corrected chi connectivity index (χ0v) is 7.39. The molecule has 0 aromatic carbocycles. The Balaban J connectivity index is 1.96. The fourth-order valence-electron chi connectivity index (χ4n) is 2.72. The predicted octanol–water partition coefficient (Wildman–Crippen LogP) is 3.57. The SMILES string of the molecule is [CH]1CCC2CCCC1CCC2. The third-order valence-corrected chi connectivity index (χ3v) is 3.45. The number of hydrogen-bond acceptors (Lipinski definition) is 0. The van der Waals surface area contributed by atoms with Crippen molar-refractivity contribution in [2.45, 2.75) is 51.4 Å². The van der Waals surface area contributed by atoms with Crippen LogP contribution in [0.2, 0.25) is 0 Å². The van der Waals surface area contributed by atoms with E-state index in [-0.39, 0.29) is 0 Å². The summed E-state index contributed by atoms with van der Waals surface area (Å²) in [4.78, 5) is 0. The van der Waals surface area contributed by atoms with Crippen molar-refractivity contribution in [1.82, 2.24) is 0 Å². The first kappa shape index (κ1) is 7.64. The van der Waals surface area contributed by atoms with Crippen LogP contribution in [0.1, 0.15) is 51.4 Å². The smallest absolute Gasteiger partial charge is 0.0355 e. The number of rotatable bonds is 0. The summed E-state index contributed by atoms with van der Waals surface area (Å²) < 4.78 is 0. The summed E-state index contributed by atoms with van der Waals surface area (Å²) in [6, 6.07) is 0. The molecule has 0 saturated heterocycles. The zero-order chi connectivity index (χ0) is 7.52. The van der Waals surface area contributed by atoms with Crippen LogP contribution in [-0.4, -0.2) is 0 Å². The Labute approximate surface area is 70.4 Å². The monoisotopic (exact) mass is 151 g/mol. The van der Waals surface area contributed by atoms with E-state index in [2.05, 4.69) is 6.42 Å². The minimum absolute atomic E-state index is 0.997. The fraction of sp³-hybridized carbons (Fsp3) is 0.909. The fourth-order valence-corrected chi connectivity index (χ4v) is 2.72. The van der Waals surface area contributed by atoms with E-state index in [9.17, 15) is 0 Å². The molecule has 3 saturated carbocycles. The third kappa shape index (κ3) is 1.98. The number of fused-ring (bicyclic) bond motifs is 6. The second kappa shape index (κ2) is 3.60. The van der Waals surface area contributed by atoms with Crippen LogP contribution in [0.15, 0.2) is 0 Å². The van der Waals surface area contributed by atoms with Crippen molar-refractivity contribution in [3.8, 4) is 0 Å². The summed E-state index contributed by atoms with van der Waals surface area (Å²) in [7, 11) is 0. The molecule has 0 spiro atoms. The first-order chi connectivity index (χ1) is 5.45. The Bertz CT molecular complexity index is 81.4. The lowest BCUT2D eigenvalue weighted by molar-refractivity contribution is 0.289. The van der Waals surface area contributed by atoms with Gasteiger partial charge in [0, 0.05) is 0 Å². The minimum atomic E-state index is 0.997. The lowest BCUT2D eigenvalue weighted by atomic mass is 9.78. The van der Waals surface area contributed by atoms with Gasteiger partial charge in [-0.2, -0.15) is 0 Å². The first-order valence-electron chi connectivity index (χ1n) is 5.28. The molecule has 63 valence electrons. The summed E-state index contributed by atoms with van der Waals surface area (Å²) in [5.41, 5.74) is 0. The van der Waals surface area contributed by atoms with E-state index in [4.69, 9.17) is 0 Å². The Kier molecular flexibility index (Phi) is 2.50. The zero-order valence-electron chi connectivity index (χ0n) is 7.39. The molecule has 0 atom stereocenters. The molecule has 0 amide bonds. The molecule has 3 aliphatic carbocycles. The Morgan fingerprint density at radius 2 is 1.55 bits per heavy atom. The maximum Gasteiger partial charge on any atom is -0.0355 e. The molecule has 0 heteroatoms. The molecular weight excluding hydrogens is 132 g/mol. The highest BCUT2D eigenvalue weighted by molar-refractivity contribution is 4.83. The maximum absolute atomic E-state index is 2.60. The molecule has 0 nitrogen and oxygen atoms in total. The quantitative estimate of drug-likeness (QED) is 0.496. The van der Waals surface area contributed by atoms with Gasteiger partial charge in [0.25, 0.3) is 0 Å². The van der Waals surface area contributed by atoms with E-state index in [1.165, 1.54) is 51.4 Å². The van der Waals surface area contributed by atoms with Crippen LogP contribution < -0.4 is 0 Å². The summed E-state index contributed by atoms with van der Waals surface area (Å²) in [6.07, 6.45) is 14.6. The number of hydrogen-bond donors (Lipinski definition) is 0. The van der Waals surface area contributed by atoms with Gasteiger partial charge in [0.05, 0.1) is 0 Å². The van der Waals surface area contributed by atoms with Gasteiger partial charge in [0.15, 0.2) is 0 Å². The molecule has 2 bridgehead atoms. The highest BCUT2D eigenvalue weighted by Gasteiger charge is 2.20. The van der Waals surface area contributed by atoms with Crippen molar-refractivity contribution in [3.63, 3.8) is 0 Å². The van der Waals surface area contributed by atoms with Gasteiger partial charge in [-0.15, -0.1) is 0 Å². The predicted molar refractivity (Wildman–Crippen MR) is 48.2 cm³/mol. The largest absolute Gasteiger partial charge is 0.0528 e. The van der Waals surface area contributed by atoms with Crippen molar-refractivity contribution >= 4 is 0 Å². The Morgan fingerprint density at radius 1 is 0.818 bits per heavy atom. The third-order valence-electron chi connectivity index (χ3n) is 3.45. The average Bonchev–Trinajstić information content (AvgIpc) is 1.80. The van der Waals surface area contributed by atoms with Crippen molar-refractivity contribution in [2.75, 3.05) is 0 Å². The second-order valence-electron chi connectivity index (χ2n) is 4.30. The van der Waals surface area contributed by atoms with Crippen LogP contribution in [-0.2, 0) is 0 Å². The van der Waals surface area contributed by atoms with Crippen LogP contribution in [0.4, 0.5) is 0 Å². The minimum Gasteiger partial charge on any atom is -0.0528 e. The Morgan fingerprint density at radius 3 is 2.27 bits per heavy atom. The van der Waals surface area contributed by atoms with Gasteiger partial charge in [-0.05, 0) is 24.7 Å². The molecule has 0 aromatic rings. The average molecular weight is 151 g/mol. The van der Waals surface area contributed by atoms with E-state index >= 15 is 0 Å². The molecule has 11 heavy (non-hydrogen) atoms. The van der Waals surface area contributed by atoms with Crippen LogP contribution in [0.5, 0.6) is 0 Å². The topological polar surface area (TPSA) is 0 Å². The lowest BCUT2D eigenvalue weighted by Crippen LogP contribution is -2.14. The van der Waals surface area contributed by atoms with E-state index in [1.807, 2.05) is 0 Å². The van der Waals surface area contributed by atoms with Crippen LogP contribution in [0, 0.1) is 18.3 Å².